The Kier molecular flexibility index (Phi) is 2.62. The van der Waals surface area contributed by atoms with Crippen LogP contribution in [0.3, 0.4) is 0 Å². The lowest BCUT2D eigenvalue weighted by Gasteiger charge is -1.93. The van der Waals surface area contributed by atoms with Crippen LogP contribution in [0, 0.1) is 11.3 Å². The molecule has 60 valence electrons. The topological polar surface area (TPSA) is 69.3 Å². The number of pyridine rings is 1. The van der Waals surface area contributed by atoms with Crippen LogP contribution in [0.4, 0.5) is 0 Å². The van der Waals surface area contributed by atoms with E-state index in [0.717, 1.165) is 0 Å². The second-order valence-electron chi connectivity index (χ2n) is 1.93. The molecular weight excluding hydrogens is 178 g/mol. The van der Waals surface area contributed by atoms with Crippen molar-refractivity contribution in [2.75, 3.05) is 0 Å². The summed E-state index contributed by atoms with van der Waals surface area (Å²) in [7, 11) is 0. The molecule has 0 atom stereocenters. The van der Waals surface area contributed by atoms with E-state index >= 15 is 0 Å². The second kappa shape index (κ2) is 3.69. The van der Waals surface area contributed by atoms with Gasteiger partial charge in [-0.3, -0.25) is 0 Å². The number of hydrogen-bond donors (Lipinski definition) is 1. The minimum Gasteiger partial charge on any atom is -0.410 e. The van der Waals surface area contributed by atoms with Gasteiger partial charge in [0.15, 0.2) is 5.17 Å². The highest BCUT2D eigenvalue weighted by Crippen LogP contribution is 2.03. The summed E-state index contributed by atoms with van der Waals surface area (Å²) in [6.07, 6.45) is 1.36. The molecule has 1 N–H and O–H groups in total. The minimum absolute atomic E-state index is 0.0491. The Balaban J connectivity index is 3.02. The summed E-state index contributed by atoms with van der Waals surface area (Å²) in [4.78, 5) is 3.73. The van der Waals surface area contributed by atoms with Gasteiger partial charge in [-0.05, 0) is 12.1 Å². The average molecular weight is 182 g/mol. The van der Waals surface area contributed by atoms with Gasteiger partial charge in [-0.15, -0.1) is 0 Å². The fraction of sp³-hybridized carbons (Fsp3) is 0. The zero-order valence-electron chi connectivity index (χ0n) is 5.90. The van der Waals surface area contributed by atoms with E-state index < -0.39 is 0 Å². The first-order chi connectivity index (χ1) is 5.77. The van der Waals surface area contributed by atoms with Crippen LogP contribution in [0.2, 0.25) is 0 Å². The maximum absolute atomic E-state index is 8.40. The van der Waals surface area contributed by atoms with E-state index in [1.165, 1.54) is 12.3 Å². The van der Waals surface area contributed by atoms with E-state index in [0.29, 0.717) is 11.3 Å². The number of oxime groups is 1. The highest BCUT2D eigenvalue weighted by atomic mass is 35.5. The van der Waals surface area contributed by atoms with Crippen molar-refractivity contribution in [2.45, 2.75) is 0 Å². The molecule has 0 aliphatic carbocycles. The van der Waals surface area contributed by atoms with Gasteiger partial charge in [0.05, 0.1) is 0 Å². The predicted molar refractivity (Wildman–Crippen MR) is 43.1 cm³/mol. The van der Waals surface area contributed by atoms with Crippen molar-refractivity contribution in [3.05, 3.63) is 29.6 Å². The van der Waals surface area contributed by atoms with Gasteiger partial charge in [0.2, 0.25) is 0 Å². The summed E-state index contributed by atoms with van der Waals surface area (Å²) >= 11 is 5.46. The molecule has 0 bridgehead atoms. The van der Waals surface area contributed by atoms with Crippen molar-refractivity contribution in [3.8, 4) is 6.07 Å². The lowest BCUT2D eigenvalue weighted by Crippen LogP contribution is -1.92. The molecular formula is C7H4ClN3O. The lowest BCUT2D eigenvalue weighted by atomic mass is 10.3. The monoisotopic (exact) mass is 181 g/mol. The summed E-state index contributed by atoms with van der Waals surface area (Å²) in [6.45, 7) is 0. The molecule has 0 aliphatic rings. The molecule has 0 aliphatic heterocycles. The van der Waals surface area contributed by atoms with Gasteiger partial charge in [-0.2, -0.15) is 5.26 Å². The van der Waals surface area contributed by atoms with Crippen LogP contribution in [0.5, 0.6) is 0 Å². The second-order valence-corrected chi connectivity index (χ2v) is 2.29. The molecule has 0 saturated carbocycles. The molecule has 12 heavy (non-hydrogen) atoms. The van der Waals surface area contributed by atoms with Gasteiger partial charge in [-0.1, -0.05) is 16.8 Å². The van der Waals surface area contributed by atoms with Crippen molar-refractivity contribution in [1.82, 2.24) is 4.98 Å². The fourth-order valence-electron chi connectivity index (χ4n) is 0.640. The maximum atomic E-state index is 8.40. The molecule has 0 amide bonds. The molecule has 1 aromatic heterocycles. The molecule has 1 rings (SSSR count). The van der Waals surface area contributed by atoms with Gasteiger partial charge >= 0.3 is 0 Å². The number of nitrogens with zero attached hydrogens (tertiary/aromatic N) is 3. The van der Waals surface area contributed by atoms with Gasteiger partial charge in [0, 0.05) is 11.8 Å². The number of nitriles is 1. The van der Waals surface area contributed by atoms with Crippen LogP contribution in [0.15, 0.2) is 23.5 Å². The van der Waals surface area contributed by atoms with E-state index in [4.69, 9.17) is 22.1 Å². The zero-order valence-corrected chi connectivity index (χ0v) is 6.65. The summed E-state index contributed by atoms with van der Waals surface area (Å²) in [6, 6.07) is 4.89. The number of halogens is 1. The summed E-state index contributed by atoms with van der Waals surface area (Å²) in [5.74, 6) is 0. The Morgan fingerprint density at radius 3 is 2.83 bits per heavy atom. The van der Waals surface area contributed by atoms with Crippen molar-refractivity contribution < 1.29 is 5.21 Å². The highest BCUT2D eigenvalue weighted by Gasteiger charge is 2.00. The normalized spacial score (nSPS) is 10.8. The quantitative estimate of drug-likeness (QED) is 0.404. The molecule has 0 radical (unpaired) electrons. The van der Waals surface area contributed by atoms with Crippen molar-refractivity contribution in [2.24, 2.45) is 5.16 Å². The number of aromatic nitrogens is 1. The first-order valence-corrected chi connectivity index (χ1v) is 3.40. The van der Waals surface area contributed by atoms with E-state index in [2.05, 4.69) is 10.1 Å². The molecule has 0 fully saturated rings. The van der Waals surface area contributed by atoms with Gasteiger partial charge in [0.1, 0.15) is 11.8 Å². The van der Waals surface area contributed by atoms with E-state index in [9.17, 15) is 0 Å². The molecule has 0 aromatic carbocycles. The third-order valence-electron chi connectivity index (χ3n) is 1.20. The zero-order chi connectivity index (χ0) is 8.97. The molecule has 1 heterocycles. The predicted octanol–water partition coefficient (Wildman–Crippen LogP) is 1.33. The molecule has 0 unspecified atom stereocenters. The first kappa shape index (κ1) is 8.50. The van der Waals surface area contributed by atoms with Crippen molar-refractivity contribution >= 4 is 16.8 Å². The minimum atomic E-state index is -0.0491. The van der Waals surface area contributed by atoms with Crippen LogP contribution in [0.25, 0.3) is 0 Å². The summed E-state index contributed by atoms with van der Waals surface area (Å²) < 4.78 is 0. The Labute approximate surface area is 73.7 Å². The molecule has 1 aromatic rings. The average Bonchev–Trinajstić information content (AvgIpc) is 2.17. The van der Waals surface area contributed by atoms with E-state index in [1.807, 2.05) is 6.07 Å². The van der Waals surface area contributed by atoms with Crippen LogP contribution < -0.4 is 0 Å². The number of rotatable bonds is 1. The Hall–Kier alpha value is -1.60. The Morgan fingerprint density at radius 2 is 2.42 bits per heavy atom. The largest absolute Gasteiger partial charge is 0.410 e. The third kappa shape index (κ3) is 1.71. The highest BCUT2D eigenvalue weighted by molar-refractivity contribution is 6.69. The smallest absolute Gasteiger partial charge is 0.176 e. The fourth-order valence-corrected chi connectivity index (χ4v) is 0.752. The Bertz CT molecular complexity index is 339. The Morgan fingerprint density at radius 1 is 1.67 bits per heavy atom. The molecule has 5 heteroatoms. The molecule has 0 saturated heterocycles. The van der Waals surface area contributed by atoms with E-state index in [-0.39, 0.29) is 5.17 Å². The molecule has 0 spiro atoms. The standard InChI is InChI=1S/C7H4ClN3O/c8-7(11-12)5-1-2-6(3-9)10-4-5/h1-2,4,12H/b11-7-. The van der Waals surface area contributed by atoms with Crippen LogP contribution >= 0.6 is 11.6 Å². The van der Waals surface area contributed by atoms with Crippen molar-refractivity contribution in [1.29, 1.82) is 5.26 Å². The number of hydrogen-bond acceptors (Lipinski definition) is 4. The maximum Gasteiger partial charge on any atom is 0.176 e. The summed E-state index contributed by atoms with van der Waals surface area (Å²) in [5.41, 5.74) is 0.763. The van der Waals surface area contributed by atoms with Crippen molar-refractivity contribution in [3.63, 3.8) is 0 Å². The lowest BCUT2D eigenvalue weighted by molar-refractivity contribution is 0.321. The van der Waals surface area contributed by atoms with Gasteiger partial charge in [-0.25, -0.2) is 4.98 Å². The van der Waals surface area contributed by atoms with Crippen LogP contribution in [-0.2, 0) is 0 Å². The first-order valence-electron chi connectivity index (χ1n) is 3.02. The van der Waals surface area contributed by atoms with Gasteiger partial charge in [0.25, 0.3) is 0 Å². The SMILES string of the molecule is N#Cc1ccc(/C(Cl)=N/O)cn1. The van der Waals surface area contributed by atoms with E-state index in [1.54, 1.807) is 6.07 Å². The van der Waals surface area contributed by atoms with Crippen LogP contribution in [-0.4, -0.2) is 15.4 Å². The van der Waals surface area contributed by atoms with Gasteiger partial charge < -0.3 is 5.21 Å². The summed E-state index contributed by atoms with van der Waals surface area (Å²) in [5, 5.41) is 19.4. The third-order valence-corrected chi connectivity index (χ3v) is 1.50. The van der Waals surface area contributed by atoms with Crippen LogP contribution in [0.1, 0.15) is 11.3 Å². The molecule has 4 nitrogen and oxygen atoms in total.